The van der Waals surface area contributed by atoms with Gasteiger partial charge < -0.3 is 0 Å². The van der Waals surface area contributed by atoms with Crippen LogP contribution < -0.4 is 0 Å². The number of nitriles is 1. The summed E-state index contributed by atoms with van der Waals surface area (Å²) >= 11 is 0. The van der Waals surface area contributed by atoms with Gasteiger partial charge in [-0.3, -0.25) is 0 Å². The van der Waals surface area contributed by atoms with E-state index in [1.165, 1.54) is 4.31 Å². The van der Waals surface area contributed by atoms with Crippen molar-refractivity contribution in [3.05, 3.63) is 65.7 Å². The van der Waals surface area contributed by atoms with Crippen molar-refractivity contribution in [3.8, 4) is 6.07 Å². The number of nitrogens with zero attached hydrogens (tertiary/aromatic N) is 2. The Kier molecular flexibility index (Phi) is 5.91. The van der Waals surface area contributed by atoms with E-state index in [0.29, 0.717) is 0 Å². The van der Waals surface area contributed by atoms with Gasteiger partial charge in [-0.25, -0.2) is 8.42 Å². The fraction of sp³-hybridized carbons (Fsp3) is 0.278. The van der Waals surface area contributed by atoms with Crippen LogP contribution in [0.2, 0.25) is 0 Å². The molecule has 2 rings (SSSR count). The molecule has 0 heterocycles. The number of hydrogen-bond donors (Lipinski definition) is 0. The lowest BCUT2D eigenvalue weighted by Crippen LogP contribution is -2.31. The lowest BCUT2D eigenvalue weighted by molar-refractivity contribution is 0.413. The number of sulfonamides is 1. The first-order valence-electron chi connectivity index (χ1n) is 7.58. The predicted molar refractivity (Wildman–Crippen MR) is 90.1 cm³/mol. The van der Waals surface area contributed by atoms with Crippen molar-refractivity contribution in [1.82, 2.24) is 4.31 Å². The summed E-state index contributed by atoms with van der Waals surface area (Å²) in [7, 11) is -3.61. The van der Waals surface area contributed by atoms with Crippen LogP contribution in [-0.4, -0.2) is 19.3 Å². The zero-order chi connectivity index (χ0) is 16.7. The number of hydrogen-bond acceptors (Lipinski definition) is 3. The average molecular weight is 328 g/mol. The Labute approximate surface area is 138 Å². The third-order valence-electron chi connectivity index (χ3n) is 3.64. The molecule has 0 N–H and O–H groups in total. The molecule has 0 atom stereocenters. The molecule has 4 nitrogen and oxygen atoms in total. The Bertz CT molecular complexity index is 763. The van der Waals surface area contributed by atoms with Crippen molar-refractivity contribution in [2.45, 2.75) is 31.2 Å². The van der Waals surface area contributed by atoms with E-state index in [4.69, 9.17) is 5.26 Å². The first-order valence-corrected chi connectivity index (χ1v) is 9.02. The number of rotatable bonds is 7. The molecule has 0 spiro atoms. The van der Waals surface area contributed by atoms with Gasteiger partial charge in [0.25, 0.3) is 0 Å². The highest BCUT2D eigenvalue weighted by Gasteiger charge is 2.24. The summed E-state index contributed by atoms with van der Waals surface area (Å²) in [4.78, 5) is 0.267. The molecule has 2 aromatic carbocycles. The normalized spacial score (nSPS) is 11.3. The molecule has 0 amide bonds. The van der Waals surface area contributed by atoms with E-state index in [0.717, 1.165) is 17.5 Å². The second kappa shape index (κ2) is 7.91. The second-order valence-corrected chi connectivity index (χ2v) is 7.17. The van der Waals surface area contributed by atoms with E-state index in [2.05, 4.69) is 0 Å². The highest BCUT2D eigenvalue weighted by molar-refractivity contribution is 7.89. The van der Waals surface area contributed by atoms with Gasteiger partial charge in [0.1, 0.15) is 0 Å². The fourth-order valence-electron chi connectivity index (χ4n) is 2.29. The maximum atomic E-state index is 12.9. The molecule has 0 saturated heterocycles. The summed E-state index contributed by atoms with van der Waals surface area (Å²) in [5, 5.41) is 8.81. The van der Waals surface area contributed by atoms with Gasteiger partial charge in [-0.05, 0) is 29.7 Å². The standard InChI is InChI=1S/C18H20N2O2S/c1-2-16-9-11-18(12-10-16)23(21,22)20(14-6-13-19)15-17-7-4-3-5-8-17/h3-5,7-12H,2,6,14-15H2,1H3. The largest absolute Gasteiger partial charge is 0.243 e. The molecule has 5 heteroatoms. The molecule has 0 saturated carbocycles. The summed E-state index contributed by atoms with van der Waals surface area (Å²) in [6.07, 6.45) is 1.03. The molecule has 0 aromatic heterocycles. The van der Waals surface area contributed by atoms with Crippen molar-refractivity contribution >= 4 is 10.0 Å². The van der Waals surface area contributed by atoms with Crippen LogP contribution in [0, 0.1) is 11.3 Å². The Morgan fingerprint density at radius 3 is 2.22 bits per heavy atom. The average Bonchev–Trinajstić information content (AvgIpc) is 2.59. The van der Waals surface area contributed by atoms with Crippen molar-refractivity contribution in [1.29, 1.82) is 5.26 Å². The zero-order valence-corrected chi connectivity index (χ0v) is 14.0. The SMILES string of the molecule is CCc1ccc(S(=O)(=O)N(CCC#N)Cc2ccccc2)cc1. The van der Waals surface area contributed by atoms with Gasteiger partial charge in [-0.2, -0.15) is 9.57 Å². The number of aryl methyl sites for hydroxylation is 1. The molecule has 0 unspecified atom stereocenters. The van der Waals surface area contributed by atoms with Gasteiger partial charge in [0.2, 0.25) is 10.0 Å². The molecular weight excluding hydrogens is 308 g/mol. The van der Waals surface area contributed by atoms with Gasteiger partial charge in [0.15, 0.2) is 0 Å². The van der Waals surface area contributed by atoms with E-state index >= 15 is 0 Å². The van der Waals surface area contributed by atoms with Gasteiger partial charge >= 0.3 is 0 Å². The molecule has 0 radical (unpaired) electrons. The molecule has 23 heavy (non-hydrogen) atoms. The highest BCUT2D eigenvalue weighted by atomic mass is 32.2. The first kappa shape index (κ1) is 17.2. The van der Waals surface area contributed by atoms with Gasteiger partial charge in [-0.1, -0.05) is 49.4 Å². The van der Waals surface area contributed by atoms with Crippen molar-refractivity contribution in [3.63, 3.8) is 0 Å². The van der Waals surface area contributed by atoms with Crippen LogP contribution in [0.25, 0.3) is 0 Å². The molecule has 0 bridgehead atoms. The third-order valence-corrected chi connectivity index (χ3v) is 5.50. The zero-order valence-electron chi connectivity index (χ0n) is 13.1. The summed E-state index contributed by atoms with van der Waals surface area (Å²) < 4.78 is 27.1. The second-order valence-electron chi connectivity index (χ2n) is 5.23. The van der Waals surface area contributed by atoms with Crippen LogP contribution in [-0.2, 0) is 23.0 Å². The molecule has 0 fully saturated rings. The first-order chi connectivity index (χ1) is 11.1. The Morgan fingerprint density at radius 2 is 1.65 bits per heavy atom. The van der Waals surface area contributed by atoms with Crippen LogP contribution >= 0.6 is 0 Å². The molecular formula is C18H20N2O2S. The van der Waals surface area contributed by atoms with E-state index in [-0.39, 0.29) is 24.4 Å². The fourth-order valence-corrected chi connectivity index (χ4v) is 3.72. The Hall–Kier alpha value is -2.16. The maximum Gasteiger partial charge on any atom is 0.243 e. The van der Waals surface area contributed by atoms with Crippen LogP contribution in [0.15, 0.2) is 59.5 Å². The minimum Gasteiger partial charge on any atom is -0.207 e. The van der Waals surface area contributed by atoms with Crippen LogP contribution in [0.5, 0.6) is 0 Å². The lowest BCUT2D eigenvalue weighted by Gasteiger charge is -2.21. The summed E-state index contributed by atoms with van der Waals surface area (Å²) in [6.45, 7) is 2.47. The van der Waals surface area contributed by atoms with E-state index in [1.54, 1.807) is 12.1 Å². The molecule has 120 valence electrons. The van der Waals surface area contributed by atoms with Crippen molar-refractivity contribution < 1.29 is 8.42 Å². The van der Waals surface area contributed by atoms with Crippen molar-refractivity contribution in [2.24, 2.45) is 0 Å². The Morgan fingerprint density at radius 1 is 1.00 bits per heavy atom. The third kappa shape index (κ3) is 4.41. The van der Waals surface area contributed by atoms with Gasteiger partial charge in [0, 0.05) is 19.5 Å². The lowest BCUT2D eigenvalue weighted by atomic mass is 10.2. The van der Waals surface area contributed by atoms with Gasteiger partial charge in [-0.15, -0.1) is 0 Å². The quantitative estimate of drug-likeness (QED) is 0.783. The smallest absolute Gasteiger partial charge is 0.207 e. The van der Waals surface area contributed by atoms with Crippen LogP contribution in [0.1, 0.15) is 24.5 Å². The maximum absolute atomic E-state index is 12.9. The minimum atomic E-state index is -3.61. The van der Waals surface area contributed by atoms with Crippen molar-refractivity contribution in [2.75, 3.05) is 6.54 Å². The monoisotopic (exact) mass is 328 g/mol. The van der Waals surface area contributed by atoms with Crippen LogP contribution in [0.3, 0.4) is 0 Å². The van der Waals surface area contributed by atoms with Crippen LogP contribution in [0.4, 0.5) is 0 Å². The molecule has 2 aromatic rings. The molecule has 0 aliphatic heterocycles. The minimum absolute atomic E-state index is 0.166. The Balaban J connectivity index is 2.30. The molecule has 0 aliphatic carbocycles. The number of benzene rings is 2. The summed E-state index contributed by atoms with van der Waals surface area (Å²) in [5.74, 6) is 0. The van der Waals surface area contributed by atoms with E-state index in [1.807, 2.05) is 55.5 Å². The van der Waals surface area contributed by atoms with E-state index < -0.39 is 10.0 Å². The summed E-state index contributed by atoms with van der Waals surface area (Å²) in [6, 6.07) is 18.4. The van der Waals surface area contributed by atoms with E-state index in [9.17, 15) is 8.42 Å². The predicted octanol–water partition coefficient (Wildman–Crippen LogP) is 3.35. The molecule has 0 aliphatic rings. The highest BCUT2D eigenvalue weighted by Crippen LogP contribution is 2.19. The summed E-state index contributed by atoms with van der Waals surface area (Å²) in [5.41, 5.74) is 2.00. The van der Waals surface area contributed by atoms with Gasteiger partial charge in [0.05, 0.1) is 11.0 Å². The topological polar surface area (TPSA) is 61.2 Å².